The highest BCUT2D eigenvalue weighted by Crippen LogP contribution is 2.22. The Morgan fingerprint density at radius 2 is 1.95 bits per heavy atom. The van der Waals surface area contributed by atoms with Gasteiger partial charge in [0.25, 0.3) is 0 Å². The number of H-pyrrole nitrogens is 2. The summed E-state index contributed by atoms with van der Waals surface area (Å²) < 4.78 is 27.4. The molecule has 1 unspecified atom stereocenters. The monoisotopic (exact) mass is 323 g/mol. The van der Waals surface area contributed by atoms with Gasteiger partial charge in [0.1, 0.15) is 0 Å². The molecule has 21 heavy (non-hydrogen) atoms. The molecule has 3 aromatic rings. The molecule has 1 atom stereocenters. The maximum Gasteiger partial charge on any atom is 0.323 e. The highest BCUT2D eigenvalue weighted by Gasteiger charge is 2.19. The van der Waals surface area contributed by atoms with Gasteiger partial charge in [-0.15, -0.1) is 11.3 Å². The van der Waals surface area contributed by atoms with Crippen LogP contribution in [-0.4, -0.2) is 18.4 Å². The average molecular weight is 323 g/mol. The second kappa shape index (κ2) is 5.14. The second-order valence-electron chi connectivity index (χ2n) is 4.64. The van der Waals surface area contributed by atoms with E-state index in [0.29, 0.717) is 11.0 Å². The molecule has 1 aromatic carbocycles. The highest BCUT2D eigenvalue weighted by molar-refractivity contribution is 7.89. The summed E-state index contributed by atoms with van der Waals surface area (Å²) >= 11 is 1.49. The van der Waals surface area contributed by atoms with Gasteiger partial charge < -0.3 is 9.97 Å². The van der Waals surface area contributed by atoms with Crippen molar-refractivity contribution in [3.8, 4) is 0 Å². The van der Waals surface area contributed by atoms with E-state index in [0.717, 1.165) is 4.88 Å². The minimum Gasteiger partial charge on any atom is -0.306 e. The molecule has 0 fully saturated rings. The Labute approximate surface area is 124 Å². The van der Waals surface area contributed by atoms with Crippen LogP contribution in [0, 0.1) is 0 Å². The minimum absolute atomic E-state index is 0.119. The zero-order chi connectivity index (χ0) is 15.0. The molecular formula is C13H13N3O3S2. The number of hydrogen-bond acceptors (Lipinski definition) is 4. The molecule has 6 nitrogen and oxygen atoms in total. The zero-order valence-corrected chi connectivity index (χ0v) is 12.7. The van der Waals surface area contributed by atoms with Gasteiger partial charge in [0.15, 0.2) is 0 Å². The van der Waals surface area contributed by atoms with E-state index >= 15 is 0 Å². The normalized spacial score (nSPS) is 13.6. The second-order valence-corrected chi connectivity index (χ2v) is 7.34. The van der Waals surface area contributed by atoms with Gasteiger partial charge in [-0.2, -0.15) is 0 Å². The molecule has 8 heteroatoms. The van der Waals surface area contributed by atoms with Crippen LogP contribution in [0.25, 0.3) is 11.0 Å². The topological polar surface area (TPSA) is 94.8 Å². The third-order valence-corrected chi connectivity index (χ3v) is 5.69. The Morgan fingerprint density at radius 1 is 1.19 bits per heavy atom. The Kier molecular flexibility index (Phi) is 3.44. The lowest BCUT2D eigenvalue weighted by molar-refractivity contribution is 0.568. The Morgan fingerprint density at radius 3 is 2.67 bits per heavy atom. The van der Waals surface area contributed by atoms with E-state index in [2.05, 4.69) is 14.7 Å². The summed E-state index contributed by atoms with van der Waals surface area (Å²) in [6.45, 7) is 1.79. The number of sulfonamides is 1. The molecule has 110 valence electrons. The van der Waals surface area contributed by atoms with Crippen molar-refractivity contribution in [2.24, 2.45) is 0 Å². The molecule has 0 aliphatic heterocycles. The molecule has 0 amide bonds. The van der Waals surface area contributed by atoms with Gasteiger partial charge in [0.05, 0.1) is 22.0 Å². The number of imidazole rings is 1. The van der Waals surface area contributed by atoms with Gasteiger partial charge in [0.2, 0.25) is 10.0 Å². The van der Waals surface area contributed by atoms with Crippen molar-refractivity contribution >= 4 is 32.4 Å². The van der Waals surface area contributed by atoms with E-state index < -0.39 is 10.0 Å². The smallest absolute Gasteiger partial charge is 0.306 e. The van der Waals surface area contributed by atoms with Crippen LogP contribution in [0.3, 0.4) is 0 Å². The summed E-state index contributed by atoms with van der Waals surface area (Å²) in [7, 11) is -3.65. The van der Waals surface area contributed by atoms with Gasteiger partial charge in [-0.05, 0) is 36.6 Å². The number of hydrogen-bond donors (Lipinski definition) is 3. The molecule has 2 aromatic heterocycles. The summed E-state index contributed by atoms with van der Waals surface area (Å²) in [5.41, 5.74) is 0.677. The summed E-state index contributed by atoms with van der Waals surface area (Å²) in [5.74, 6) is 0. The molecule has 0 aliphatic rings. The van der Waals surface area contributed by atoms with E-state index in [4.69, 9.17) is 0 Å². The summed E-state index contributed by atoms with van der Waals surface area (Å²) in [5, 5.41) is 1.90. The Balaban J connectivity index is 1.94. The first-order valence-corrected chi connectivity index (χ1v) is 8.60. The molecular weight excluding hydrogens is 310 g/mol. The Hall–Kier alpha value is -1.90. The Bertz CT molecular complexity index is 923. The van der Waals surface area contributed by atoms with Gasteiger partial charge >= 0.3 is 5.69 Å². The first-order chi connectivity index (χ1) is 9.95. The number of thiophene rings is 1. The maximum absolute atomic E-state index is 12.4. The maximum atomic E-state index is 12.4. The quantitative estimate of drug-likeness (QED) is 0.685. The van der Waals surface area contributed by atoms with Crippen molar-refractivity contribution in [3.63, 3.8) is 0 Å². The van der Waals surface area contributed by atoms with Crippen molar-refractivity contribution in [1.82, 2.24) is 14.7 Å². The molecule has 0 saturated carbocycles. The van der Waals surface area contributed by atoms with Gasteiger partial charge in [-0.1, -0.05) is 6.07 Å². The van der Waals surface area contributed by atoms with E-state index in [9.17, 15) is 13.2 Å². The molecule has 0 spiro atoms. The van der Waals surface area contributed by atoms with Crippen LogP contribution in [0.15, 0.2) is 45.4 Å². The number of aromatic nitrogens is 2. The molecule has 0 bridgehead atoms. The number of nitrogens with one attached hydrogen (secondary N) is 3. The molecule has 3 rings (SSSR count). The third kappa shape index (κ3) is 2.78. The fraction of sp³-hybridized carbons (Fsp3) is 0.154. The van der Waals surface area contributed by atoms with Crippen LogP contribution in [0.2, 0.25) is 0 Å². The highest BCUT2D eigenvalue weighted by atomic mass is 32.2. The van der Waals surface area contributed by atoms with Crippen molar-refractivity contribution in [2.45, 2.75) is 17.9 Å². The first-order valence-electron chi connectivity index (χ1n) is 6.23. The van der Waals surface area contributed by atoms with Gasteiger partial charge in [-0.3, -0.25) is 0 Å². The summed E-state index contributed by atoms with van der Waals surface area (Å²) in [6.07, 6.45) is 0. The molecule has 0 saturated heterocycles. The fourth-order valence-electron chi connectivity index (χ4n) is 2.08. The number of rotatable bonds is 4. The fourth-order valence-corrected chi connectivity index (χ4v) is 4.13. The molecule has 0 radical (unpaired) electrons. The molecule has 3 N–H and O–H groups in total. The van der Waals surface area contributed by atoms with Crippen LogP contribution in [-0.2, 0) is 10.0 Å². The lowest BCUT2D eigenvalue weighted by Crippen LogP contribution is -2.26. The van der Waals surface area contributed by atoms with Crippen LogP contribution in [0.1, 0.15) is 17.8 Å². The van der Waals surface area contributed by atoms with E-state index in [1.807, 2.05) is 17.5 Å². The van der Waals surface area contributed by atoms with Crippen molar-refractivity contribution in [3.05, 3.63) is 51.1 Å². The van der Waals surface area contributed by atoms with Gasteiger partial charge in [-0.25, -0.2) is 17.9 Å². The SMILES string of the molecule is CC(NS(=O)(=O)c1ccc2[nH]c(=O)[nH]c2c1)c1cccs1. The standard InChI is InChI=1S/C13H13N3O3S2/c1-8(12-3-2-6-20-12)16-21(18,19)9-4-5-10-11(7-9)15-13(17)14-10/h2-8,16H,1H3,(H2,14,15,17). The predicted octanol–water partition coefficient (Wildman–Crippen LogP) is 1.96. The van der Waals surface area contributed by atoms with Crippen LogP contribution < -0.4 is 10.4 Å². The summed E-state index contributed by atoms with van der Waals surface area (Å²) in [4.78, 5) is 17.4. The average Bonchev–Trinajstić information content (AvgIpc) is 3.04. The van der Waals surface area contributed by atoms with E-state index in [1.165, 1.54) is 23.5 Å². The molecule has 0 aliphatic carbocycles. The van der Waals surface area contributed by atoms with Crippen LogP contribution in [0.4, 0.5) is 0 Å². The lowest BCUT2D eigenvalue weighted by Gasteiger charge is -2.12. The van der Waals surface area contributed by atoms with E-state index in [1.54, 1.807) is 13.0 Å². The van der Waals surface area contributed by atoms with Crippen LogP contribution >= 0.6 is 11.3 Å². The van der Waals surface area contributed by atoms with Crippen LogP contribution in [0.5, 0.6) is 0 Å². The number of fused-ring (bicyclic) bond motifs is 1. The zero-order valence-electron chi connectivity index (χ0n) is 11.1. The van der Waals surface area contributed by atoms with Crippen molar-refractivity contribution < 1.29 is 8.42 Å². The number of aromatic amines is 2. The largest absolute Gasteiger partial charge is 0.323 e. The molecule has 2 heterocycles. The summed E-state index contributed by atoms with van der Waals surface area (Å²) in [6, 6.07) is 7.92. The predicted molar refractivity (Wildman–Crippen MR) is 82.0 cm³/mol. The van der Waals surface area contributed by atoms with Crippen molar-refractivity contribution in [2.75, 3.05) is 0 Å². The lowest BCUT2D eigenvalue weighted by atomic mass is 10.3. The van der Waals surface area contributed by atoms with Gasteiger partial charge in [0, 0.05) is 4.88 Å². The minimum atomic E-state index is -3.65. The number of benzene rings is 1. The van der Waals surface area contributed by atoms with Crippen molar-refractivity contribution in [1.29, 1.82) is 0 Å². The van der Waals surface area contributed by atoms with E-state index in [-0.39, 0.29) is 16.6 Å². The first kappa shape index (κ1) is 14.1. The third-order valence-electron chi connectivity index (χ3n) is 3.10.